The van der Waals surface area contributed by atoms with E-state index in [1.807, 2.05) is 30.3 Å². The second-order valence-corrected chi connectivity index (χ2v) is 5.85. The van der Waals surface area contributed by atoms with Crippen molar-refractivity contribution in [2.24, 2.45) is 5.92 Å². The number of allylic oxidation sites excluding steroid dienone is 1. The zero-order valence-electron chi connectivity index (χ0n) is 13.2. The molecule has 1 spiro atoms. The van der Waals surface area contributed by atoms with Crippen LogP contribution in [-0.2, 0) is 24.7 Å². The van der Waals surface area contributed by atoms with Crippen LogP contribution in [0.3, 0.4) is 0 Å². The van der Waals surface area contributed by atoms with E-state index in [1.54, 1.807) is 20.5 Å². The molecule has 0 N–H and O–H groups in total. The monoisotopic (exact) mass is 313 g/mol. The molecular weight excluding hydrogens is 294 g/mol. The minimum atomic E-state index is -0.954. The zero-order valence-corrected chi connectivity index (χ0v) is 13.2. The molecule has 3 atom stereocenters. The normalized spacial score (nSPS) is 29.0. The Morgan fingerprint density at radius 1 is 1.30 bits per heavy atom. The zero-order chi connectivity index (χ0) is 15.9. The summed E-state index contributed by atoms with van der Waals surface area (Å²) in [5, 5.41) is 1.06. The molecule has 120 valence electrons. The minimum absolute atomic E-state index is 0.0186. The number of ether oxygens (including phenoxy) is 4. The number of rotatable bonds is 3. The highest BCUT2D eigenvalue weighted by atomic mass is 16.8. The number of fused-ring (bicyclic) bond motifs is 3. The summed E-state index contributed by atoms with van der Waals surface area (Å²) in [6.45, 7) is 0.523. The van der Waals surface area contributed by atoms with Gasteiger partial charge in [-0.05, 0) is 24.6 Å². The van der Waals surface area contributed by atoms with Gasteiger partial charge in [-0.1, -0.05) is 18.2 Å². The SMILES string of the molecule is COCC1CC=CO[C@]12O[C@H](OC)c1cc3ccccc3nc12. The summed E-state index contributed by atoms with van der Waals surface area (Å²) < 4.78 is 23.1. The van der Waals surface area contributed by atoms with Crippen LogP contribution in [0.5, 0.6) is 0 Å². The maximum Gasteiger partial charge on any atom is 0.261 e. The average Bonchev–Trinajstić information content (AvgIpc) is 2.89. The Labute approximate surface area is 134 Å². The number of aromatic nitrogens is 1. The van der Waals surface area contributed by atoms with Crippen LogP contribution in [0.1, 0.15) is 24.0 Å². The highest BCUT2D eigenvalue weighted by Gasteiger charge is 2.55. The van der Waals surface area contributed by atoms with Crippen molar-refractivity contribution in [3.63, 3.8) is 0 Å². The van der Waals surface area contributed by atoms with Gasteiger partial charge in [0, 0.05) is 25.2 Å². The molecule has 23 heavy (non-hydrogen) atoms. The molecule has 1 aromatic heterocycles. The van der Waals surface area contributed by atoms with Gasteiger partial charge in [-0.25, -0.2) is 4.98 Å². The standard InChI is InChI=1S/C18H19NO4/c1-20-11-13-7-5-9-22-18(13)16-14(17(21-2)23-18)10-12-6-3-4-8-15(12)19-16/h3-6,8-10,13,17H,7,11H2,1-2H3/t13?,17-,18-/m0/s1. The first-order valence-corrected chi connectivity index (χ1v) is 7.71. The average molecular weight is 313 g/mol. The number of pyridine rings is 1. The van der Waals surface area contributed by atoms with Gasteiger partial charge in [-0.3, -0.25) is 0 Å². The molecule has 2 aliphatic rings. The lowest BCUT2D eigenvalue weighted by atomic mass is 9.90. The Hall–Kier alpha value is -1.95. The smallest absolute Gasteiger partial charge is 0.261 e. The predicted molar refractivity (Wildman–Crippen MR) is 84.5 cm³/mol. The maximum atomic E-state index is 6.21. The fourth-order valence-corrected chi connectivity index (χ4v) is 3.42. The van der Waals surface area contributed by atoms with E-state index in [0.717, 1.165) is 28.6 Å². The molecule has 1 aromatic carbocycles. The Kier molecular flexibility index (Phi) is 3.56. The second-order valence-electron chi connectivity index (χ2n) is 5.85. The van der Waals surface area contributed by atoms with E-state index >= 15 is 0 Å². The fourth-order valence-electron chi connectivity index (χ4n) is 3.42. The summed E-state index contributed by atoms with van der Waals surface area (Å²) >= 11 is 0. The van der Waals surface area contributed by atoms with Gasteiger partial charge >= 0.3 is 0 Å². The van der Waals surface area contributed by atoms with Gasteiger partial charge < -0.3 is 18.9 Å². The van der Waals surface area contributed by atoms with Crippen molar-refractivity contribution >= 4 is 10.9 Å². The molecule has 1 unspecified atom stereocenters. The van der Waals surface area contributed by atoms with Crippen molar-refractivity contribution in [2.75, 3.05) is 20.8 Å². The van der Waals surface area contributed by atoms with Crippen molar-refractivity contribution in [3.05, 3.63) is 53.9 Å². The van der Waals surface area contributed by atoms with Crippen LogP contribution >= 0.6 is 0 Å². The molecule has 0 amide bonds. The number of para-hydroxylation sites is 1. The van der Waals surface area contributed by atoms with Gasteiger partial charge in [0.1, 0.15) is 5.69 Å². The van der Waals surface area contributed by atoms with Crippen LogP contribution < -0.4 is 0 Å². The quantitative estimate of drug-likeness (QED) is 0.870. The molecule has 5 nitrogen and oxygen atoms in total. The van der Waals surface area contributed by atoms with Gasteiger partial charge in [0.05, 0.1) is 24.3 Å². The summed E-state index contributed by atoms with van der Waals surface area (Å²) in [6.07, 6.45) is 3.98. The molecule has 5 heteroatoms. The van der Waals surface area contributed by atoms with Crippen LogP contribution in [0.15, 0.2) is 42.7 Å². The molecular formula is C18H19NO4. The van der Waals surface area contributed by atoms with E-state index in [-0.39, 0.29) is 5.92 Å². The van der Waals surface area contributed by atoms with Crippen molar-refractivity contribution in [3.8, 4) is 0 Å². The first kappa shape index (κ1) is 14.6. The van der Waals surface area contributed by atoms with Crippen molar-refractivity contribution in [2.45, 2.75) is 18.5 Å². The highest BCUT2D eigenvalue weighted by molar-refractivity contribution is 5.79. The number of benzene rings is 1. The largest absolute Gasteiger partial charge is 0.464 e. The lowest BCUT2D eigenvalue weighted by molar-refractivity contribution is -0.312. The molecule has 2 aromatic rings. The number of hydrogen-bond acceptors (Lipinski definition) is 5. The lowest BCUT2D eigenvalue weighted by Gasteiger charge is -2.37. The molecule has 2 aliphatic heterocycles. The van der Waals surface area contributed by atoms with Gasteiger partial charge in [0.25, 0.3) is 5.79 Å². The summed E-state index contributed by atoms with van der Waals surface area (Å²) in [5.41, 5.74) is 2.62. The highest BCUT2D eigenvalue weighted by Crippen LogP contribution is 2.51. The first-order chi connectivity index (χ1) is 11.3. The fraction of sp³-hybridized carbons (Fsp3) is 0.389. The third-order valence-electron chi connectivity index (χ3n) is 4.50. The maximum absolute atomic E-state index is 6.21. The molecule has 4 rings (SSSR count). The Bertz CT molecular complexity index is 760. The second kappa shape index (κ2) is 5.60. The van der Waals surface area contributed by atoms with Crippen LogP contribution in [-0.4, -0.2) is 25.8 Å². The molecule has 0 radical (unpaired) electrons. The van der Waals surface area contributed by atoms with Crippen LogP contribution in [0.2, 0.25) is 0 Å². The van der Waals surface area contributed by atoms with E-state index in [9.17, 15) is 0 Å². The van der Waals surface area contributed by atoms with Crippen molar-refractivity contribution < 1.29 is 18.9 Å². The van der Waals surface area contributed by atoms with Crippen molar-refractivity contribution in [1.82, 2.24) is 4.98 Å². The molecule has 0 saturated heterocycles. The Balaban J connectivity index is 1.91. The molecule has 0 bridgehead atoms. The molecule has 0 aliphatic carbocycles. The Morgan fingerprint density at radius 3 is 3.00 bits per heavy atom. The van der Waals surface area contributed by atoms with Gasteiger partial charge in [0.2, 0.25) is 0 Å². The summed E-state index contributed by atoms with van der Waals surface area (Å²) in [5.74, 6) is -0.935. The predicted octanol–water partition coefficient (Wildman–Crippen LogP) is 3.26. The summed E-state index contributed by atoms with van der Waals surface area (Å²) in [4.78, 5) is 4.84. The van der Waals surface area contributed by atoms with E-state index in [0.29, 0.717) is 6.61 Å². The third kappa shape index (κ3) is 2.16. The lowest BCUT2D eigenvalue weighted by Crippen LogP contribution is -2.41. The first-order valence-electron chi connectivity index (χ1n) is 7.71. The third-order valence-corrected chi connectivity index (χ3v) is 4.50. The number of hydrogen-bond donors (Lipinski definition) is 0. The van der Waals surface area contributed by atoms with Gasteiger partial charge in [-0.2, -0.15) is 0 Å². The van der Waals surface area contributed by atoms with Crippen LogP contribution in [0.4, 0.5) is 0 Å². The molecule has 0 fully saturated rings. The van der Waals surface area contributed by atoms with Gasteiger partial charge in [0.15, 0.2) is 6.29 Å². The Morgan fingerprint density at radius 2 is 2.17 bits per heavy atom. The van der Waals surface area contributed by atoms with E-state index in [1.165, 1.54) is 0 Å². The van der Waals surface area contributed by atoms with Gasteiger partial charge in [-0.15, -0.1) is 0 Å². The van der Waals surface area contributed by atoms with Crippen LogP contribution in [0, 0.1) is 5.92 Å². The summed E-state index contributed by atoms with van der Waals surface area (Å²) in [7, 11) is 3.32. The van der Waals surface area contributed by atoms with E-state index in [4.69, 9.17) is 23.9 Å². The molecule has 3 heterocycles. The van der Waals surface area contributed by atoms with E-state index in [2.05, 4.69) is 6.07 Å². The minimum Gasteiger partial charge on any atom is -0.464 e. The van der Waals surface area contributed by atoms with Crippen LogP contribution in [0.25, 0.3) is 10.9 Å². The van der Waals surface area contributed by atoms with E-state index < -0.39 is 12.1 Å². The topological polar surface area (TPSA) is 49.8 Å². The van der Waals surface area contributed by atoms with Crippen molar-refractivity contribution in [1.29, 1.82) is 0 Å². The summed E-state index contributed by atoms with van der Waals surface area (Å²) in [6, 6.07) is 10.1. The molecule has 0 saturated carbocycles. The number of methoxy groups -OCH3 is 2. The number of nitrogens with zero attached hydrogens (tertiary/aromatic N) is 1.